The standard InChI is InChI=1S/C14H17N3OS/c1-2-12(14-16-7-8-19-14)17-13(18)11-5-3-10(9-15)4-6-11/h3-8,12H,2,9,15H2,1H3,(H,17,18). The molecule has 1 atom stereocenters. The van der Waals surface area contributed by atoms with Gasteiger partial charge in [0.25, 0.3) is 5.91 Å². The first kappa shape index (κ1) is 13.7. The fraction of sp³-hybridized carbons (Fsp3) is 0.286. The Morgan fingerprint density at radius 2 is 2.16 bits per heavy atom. The number of hydrogen-bond donors (Lipinski definition) is 2. The maximum Gasteiger partial charge on any atom is 0.251 e. The van der Waals surface area contributed by atoms with E-state index in [1.165, 1.54) is 0 Å². The van der Waals surface area contributed by atoms with Gasteiger partial charge in [0.2, 0.25) is 0 Å². The molecule has 100 valence electrons. The molecule has 2 rings (SSSR count). The Balaban J connectivity index is 2.06. The van der Waals surface area contributed by atoms with Crippen LogP contribution in [0.3, 0.4) is 0 Å². The van der Waals surface area contributed by atoms with Crippen molar-refractivity contribution >= 4 is 17.2 Å². The number of nitrogens with one attached hydrogen (secondary N) is 1. The van der Waals surface area contributed by atoms with E-state index in [-0.39, 0.29) is 11.9 Å². The van der Waals surface area contributed by atoms with Gasteiger partial charge >= 0.3 is 0 Å². The van der Waals surface area contributed by atoms with Crippen LogP contribution < -0.4 is 11.1 Å². The van der Waals surface area contributed by atoms with Gasteiger partial charge in [0.1, 0.15) is 5.01 Å². The van der Waals surface area contributed by atoms with E-state index in [9.17, 15) is 4.79 Å². The van der Waals surface area contributed by atoms with Crippen LogP contribution >= 0.6 is 11.3 Å². The van der Waals surface area contributed by atoms with Gasteiger partial charge in [-0.05, 0) is 24.1 Å². The Labute approximate surface area is 116 Å². The normalized spacial score (nSPS) is 12.1. The molecule has 0 bridgehead atoms. The van der Waals surface area contributed by atoms with Crippen LogP contribution in [-0.2, 0) is 6.54 Å². The number of carbonyl (C=O) groups is 1. The van der Waals surface area contributed by atoms with E-state index in [2.05, 4.69) is 10.3 Å². The highest BCUT2D eigenvalue weighted by atomic mass is 32.1. The molecule has 0 radical (unpaired) electrons. The Kier molecular flexibility index (Phi) is 4.65. The fourth-order valence-electron chi connectivity index (χ4n) is 1.78. The summed E-state index contributed by atoms with van der Waals surface area (Å²) in [7, 11) is 0. The minimum absolute atomic E-state index is 0.0262. The molecule has 1 aromatic heterocycles. The third-order valence-corrected chi connectivity index (χ3v) is 3.80. The highest BCUT2D eigenvalue weighted by Gasteiger charge is 2.15. The summed E-state index contributed by atoms with van der Waals surface area (Å²) >= 11 is 1.56. The van der Waals surface area contributed by atoms with Gasteiger partial charge in [0, 0.05) is 23.7 Å². The van der Waals surface area contributed by atoms with Crippen LogP contribution in [0.25, 0.3) is 0 Å². The summed E-state index contributed by atoms with van der Waals surface area (Å²) < 4.78 is 0. The maximum atomic E-state index is 12.1. The van der Waals surface area contributed by atoms with Crippen LogP contribution in [0.5, 0.6) is 0 Å². The zero-order valence-electron chi connectivity index (χ0n) is 10.8. The van der Waals surface area contributed by atoms with Gasteiger partial charge in [-0.25, -0.2) is 4.98 Å². The van der Waals surface area contributed by atoms with Crippen molar-refractivity contribution in [2.75, 3.05) is 0 Å². The molecular formula is C14H17N3OS. The monoisotopic (exact) mass is 275 g/mol. The van der Waals surface area contributed by atoms with Crippen LogP contribution in [0.4, 0.5) is 0 Å². The Morgan fingerprint density at radius 1 is 1.42 bits per heavy atom. The molecule has 0 aliphatic rings. The van der Waals surface area contributed by atoms with Crippen LogP contribution in [-0.4, -0.2) is 10.9 Å². The van der Waals surface area contributed by atoms with Crippen molar-refractivity contribution in [2.45, 2.75) is 25.9 Å². The molecule has 0 saturated heterocycles. The van der Waals surface area contributed by atoms with Crippen molar-refractivity contribution in [1.29, 1.82) is 0 Å². The van der Waals surface area contributed by atoms with Gasteiger partial charge in [-0.2, -0.15) is 0 Å². The molecule has 4 nitrogen and oxygen atoms in total. The molecule has 0 saturated carbocycles. The molecule has 2 aromatic rings. The predicted molar refractivity (Wildman–Crippen MR) is 76.9 cm³/mol. The van der Waals surface area contributed by atoms with Crippen LogP contribution in [0.1, 0.15) is 40.3 Å². The minimum atomic E-state index is -0.0781. The van der Waals surface area contributed by atoms with E-state index in [1.54, 1.807) is 29.7 Å². The minimum Gasteiger partial charge on any atom is -0.343 e. The number of rotatable bonds is 5. The molecule has 5 heteroatoms. The summed E-state index contributed by atoms with van der Waals surface area (Å²) in [6.45, 7) is 2.52. The van der Waals surface area contributed by atoms with Crippen molar-refractivity contribution in [3.05, 3.63) is 52.0 Å². The second-order valence-electron chi connectivity index (χ2n) is 4.21. The first-order valence-electron chi connectivity index (χ1n) is 6.23. The van der Waals surface area contributed by atoms with E-state index in [4.69, 9.17) is 5.73 Å². The molecule has 3 N–H and O–H groups in total. The SMILES string of the molecule is CCC(NC(=O)c1ccc(CN)cc1)c1nccs1. The number of nitrogens with two attached hydrogens (primary N) is 1. The first-order chi connectivity index (χ1) is 9.24. The largest absolute Gasteiger partial charge is 0.343 e. The number of benzene rings is 1. The number of aromatic nitrogens is 1. The molecule has 0 aliphatic carbocycles. The second-order valence-corrected chi connectivity index (χ2v) is 5.13. The summed E-state index contributed by atoms with van der Waals surface area (Å²) in [4.78, 5) is 16.4. The maximum absolute atomic E-state index is 12.1. The molecule has 1 heterocycles. The van der Waals surface area contributed by atoms with Crippen molar-refractivity contribution in [1.82, 2.24) is 10.3 Å². The van der Waals surface area contributed by atoms with E-state index in [0.29, 0.717) is 12.1 Å². The molecule has 0 spiro atoms. The highest BCUT2D eigenvalue weighted by molar-refractivity contribution is 7.09. The van der Waals surface area contributed by atoms with E-state index >= 15 is 0 Å². The lowest BCUT2D eigenvalue weighted by Gasteiger charge is -2.14. The fourth-order valence-corrected chi connectivity index (χ4v) is 2.55. The third-order valence-electron chi connectivity index (χ3n) is 2.91. The molecule has 0 fully saturated rings. The van der Waals surface area contributed by atoms with Gasteiger partial charge < -0.3 is 11.1 Å². The lowest BCUT2D eigenvalue weighted by Crippen LogP contribution is -2.28. The Bertz CT molecular complexity index is 522. The Hall–Kier alpha value is -1.72. The zero-order chi connectivity index (χ0) is 13.7. The van der Waals surface area contributed by atoms with Gasteiger partial charge in [-0.15, -0.1) is 11.3 Å². The van der Waals surface area contributed by atoms with Crippen molar-refractivity contribution in [3.8, 4) is 0 Å². The van der Waals surface area contributed by atoms with Crippen molar-refractivity contribution in [3.63, 3.8) is 0 Å². The summed E-state index contributed by atoms with van der Waals surface area (Å²) in [5.41, 5.74) is 7.20. The average molecular weight is 275 g/mol. The molecule has 0 aliphatic heterocycles. The van der Waals surface area contributed by atoms with E-state index in [0.717, 1.165) is 17.0 Å². The summed E-state index contributed by atoms with van der Waals surface area (Å²) in [5, 5.41) is 5.86. The number of carbonyl (C=O) groups excluding carboxylic acids is 1. The number of nitrogens with zero attached hydrogens (tertiary/aromatic N) is 1. The molecule has 1 unspecified atom stereocenters. The van der Waals surface area contributed by atoms with Gasteiger partial charge in [0.05, 0.1) is 6.04 Å². The van der Waals surface area contributed by atoms with Gasteiger partial charge in [0.15, 0.2) is 0 Å². The van der Waals surface area contributed by atoms with E-state index < -0.39 is 0 Å². The number of amides is 1. The number of thiazole rings is 1. The lowest BCUT2D eigenvalue weighted by atomic mass is 10.1. The van der Waals surface area contributed by atoms with E-state index in [1.807, 2.05) is 24.4 Å². The highest BCUT2D eigenvalue weighted by Crippen LogP contribution is 2.19. The molecular weight excluding hydrogens is 258 g/mol. The quantitative estimate of drug-likeness (QED) is 0.881. The van der Waals surface area contributed by atoms with Crippen LogP contribution in [0.2, 0.25) is 0 Å². The van der Waals surface area contributed by atoms with Crippen LogP contribution in [0, 0.1) is 0 Å². The smallest absolute Gasteiger partial charge is 0.251 e. The molecule has 1 amide bonds. The first-order valence-corrected chi connectivity index (χ1v) is 7.11. The summed E-state index contributed by atoms with van der Waals surface area (Å²) in [6.07, 6.45) is 2.57. The average Bonchev–Trinajstić information content (AvgIpc) is 2.98. The molecule has 1 aromatic carbocycles. The summed E-state index contributed by atoms with van der Waals surface area (Å²) in [5.74, 6) is -0.0781. The second kappa shape index (κ2) is 6.45. The topological polar surface area (TPSA) is 68.0 Å². The zero-order valence-corrected chi connectivity index (χ0v) is 11.6. The van der Waals surface area contributed by atoms with Crippen molar-refractivity contribution in [2.24, 2.45) is 5.73 Å². The van der Waals surface area contributed by atoms with Gasteiger partial charge in [-0.3, -0.25) is 4.79 Å². The third kappa shape index (κ3) is 3.39. The number of hydrogen-bond acceptors (Lipinski definition) is 4. The summed E-state index contributed by atoms with van der Waals surface area (Å²) in [6, 6.07) is 7.32. The van der Waals surface area contributed by atoms with Crippen LogP contribution in [0.15, 0.2) is 35.8 Å². The predicted octanol–water partition coefficient (Wildman–Crippen LogP) is 2.48. The Morgan fingerprint density at radius 3 is 2.68 bits per heavy atom. The molecule has 19 heavy (non-hydrogen) atoms. The van der Waals surface area contributed by atoms with Crippen molar-refractivity contribution < 1.29 is 4.79 Å². The van der Waals surface area contributed by atoms with Gasteiger partial charge in [-0.1, -0.05) is 19.1 Å². The lowest BCUT2D eigenvalue weighted by molar-refractivity contribution is 0.0935.